The average Bonchev–Trinajstić information content (AvgIpc) is 2.96. The van der Waals surface area contributed by atoms with Crippen molar-refractivity contribution in [3.05, 3.63) is 47.5 Å². The summed E-state index contributed by atoms with van der Waals surface area (Å²) in [5.41, 5.74) is 4.86. The van der Waals surface area contributed by atoms with E-state index in [4.69, 9.17) is 9.47 Å². The Morgan fingerprint density at radius 2 is 1.97 bits per heavy atom. The molecule has 1 aliphatic carbocycles. The first-order chi connectivity index (χ1) is 14.2. The molecule has 2 heterocycles. The second kappa shape index (κ2) is 7.14. The van der Waals surface area contributed by atoms with Crippen molar-refractivity contribution in [2.24, 2.45) is 0 Å². The molecule has 5 heteroatoms. The molecular weight excluding hydrogens is 366 g/mol. The van der Waals surface area contributed by atoms with Crippen LogP contribution in [0.25, 0.3) is 22.2 Å². The van der Waals surface area contributed by atoms with E-state index in [-0.39, 0.29) is 0 Å². The van der Waals surface area contributed by atoms with Crippen LogP contribution in [-0.2, 0) is 6.54 Å². The number of aromatic nitrogens is 1. The van der Waals surface area contributed by atoms with Gasteiger partial charge >= 0.3 is 5.97 Å². The third-order valence-electron chi connectivity index (χ3n) is 6.38. The van der Waals surface area contributed by atoms with Crippen molar-refractivity contribution in [2.75, 3.05) is 13.7 Å². The van der Waals surface area contributed by atoms with E-state index < -0.39 is 5.97 Å². The maximum atomic E-state index is 11.6. The molecule has 2 aromatic carbocycles. The molecule has 1 aliphatic heterocycles. The van der Waals surface area contributed by atoms with Crippen molar-refractivity contribution in [1.82, 2.24) is 4.57 Å². The van der Waals surface area contributed by atoms with E-state index in [0.29, 0.717) is 24.6 Å². The van der Waals surface area contributed by atoms with Crippen molar-refractivity contribution < 1.29 is 19.4 Å². The number of methoxy groups -OCH3 is 1. The van der Waals surface area contributed by atoms with Gasteiger partial charge in [0.1, 0.15) is 18.1 Å². The quantitative estimate of drug-likeness (QED) is 0.644. The van der Waals surface area contributed by atoms with Gasteiger partial charge in [0.2, 0.25) is 0 Å². The van der Waals surface area contributed by atoms with Gasteiger partial charge < -0.3 is 19.1 Å². The van der Waals surface area contributed by atoms with Gasteiger partial charge in [-0.15, -0.1) is 0 Å². The summed E-state index contributed by atoms with van der Waals surface area (Å²) < 4.78 is 13.8. The number of fused-ring (bicyclic) bond motifs is 5. The first-order valence-corrected chi connectivity index (χ1v) is 10.4. The minimum atomic E-state index is -0.895. The molecule has 2 aliphatic rings. The van der Waals surface area contributed by atoms with Crippen LogP contribution in [-0.4, -0.2) is 29.4 Å². The zero-order valence-corrected chi connectivity index (χ0v) is 16.6. The second-order valence-electron chi connectivity index (χ2n) is 8.00. The van der Waals surface area contributed by atoms with Gasteiger partial charge in [-0.1, -0.05) is 25.3 Å². The second-order valence-corrected chi connectivity index (χ2v) is 8.00. The van der Waals surface area contributed by atoms with E-state index >= 15 is 0 Å². The third kappa shape index (κ3) is 2.96. The summed E-state index contributed by atoms with van der Waals surface area (Å²) in [6.07, 6.45) is 6.12. The fourth-order valence-electron chi connectivity index (χ4n) is 5.03. The Morgan fingerprint density at radius 3 is 2.72 bits per heavy atom. The lowest BCUT2D eigenvalue weighted by molar-refractivity contribution is 0.0697. The highest BCUT2D eigenvalue weighted by Crippen LogP contribution is 2.47. The van der Waals surface area contributed by atoms with E-state index in [1.165, 1.54) is 48.7 Å². The molecule has 5 nitrogen and oxygen atoms in total. The molecule has 0 radical (unpaired) electrons. The largest absolute Gasteiger partial charge is 0.497 e. The number of aromatic carboxylic acids is 1. The Balaban J connectivity index is 1.84. The molecule has 3 aromatic rings. The number of carboxylic acids is 1. The van der Waals surface area contributed by atoms with Crippen molar-refractivity contribution in [3.63, 3.8) is 0 Å². The highest BCUT2D eigenvalue weighted by atomic mass is 16.5. The summed E-state index contributed by atoms with van der Waals surface area (Å²) in [7, 11) is 1.68. The molecule has 0 unspecified atom stereocenters. The van der Waals surface area contributed by atoms with Gasteiger partial charge in [-0.2, -0.15) is 0 Å². The molecule has 0 amide bonds. The van der Waals surface area contributed by atoms with Crippen LogP contribution in [0, 0.1) is 0 Å². The predicted octanol–water partition coefficient (Wildman–Crippen LogP) is 5.46. The number of ether oxygens (including phenoxy) is 2. The van der Waals surface area contributed by atoms with Crippen LogP contribution >= 0.6 is 0 Å². The molecule has 0 spiro atoms. The Morgan fingerprint density at radius 1 is 1.14 bits per heavy atom. The molecule has 0 bridgehead atoms. The maximum absolute atomic E-state index is 11.6. The van der Waals surface area contributed by atoms with Crippen molar-refractivity contribution in [3.8, 4) is 22.8 Å². The lowest BCUT2D eigenvalue weighted by atomic mass is 9.81. The number of carboxylic acid groups (broad SMARTS) is 1. The standard InChI is InChI=1S/C24H25NO4/c1-28-17-8-10-21-19(14-17)23-22(15-5-3-2-4-6-15)18-9-7-16(24(26)27)13-20(18)25(23)11-12-29-21/h7-10,13-15H,2-6,11-12H2,1H3,(H,26,27). The first kappa shape index (κ1) is 18.1. The lowest BCUT2D eigenvalue weighted by Gasteiger charge is -2.23. The normalized spacial score (nSPS) is 16.6. The van der Waals surface area contributed by atoms with Gasteiger partial charge in [0.15, 0.2) is 0 Å². The predicted molar refractivity (Wildman–Crippen MR) is 112 cm³/mol. The molecule has 1 aromatic heterocycles. The minimum absolute atomic E-state index is 0.323. The molecule has 150 valence electrons. The Labute approximate surface area is 169 Å². The topological polar surface area (TPSA) is 60.7 Å². The summed E-state index contributed by atoms with van der Waals surface area (Å²) in [6.45, 7) is 1.25. The number of carbonyl (C=O) groups is 1. The van der Waals surface area contributed by atoms with E-state index in [0.717, 1.165) is 22.6 Å². The SMILES string of the molecule is COc1ccc2c(c1)-c1c(C3CCCCC3)c3ccc(C(=O)O)cc3n1CCO2. The Hall–Kier alpha value is -2.95. The average molecular weight is 391 g/mol. The van der Waals surface area contributed by atoms with Gasteiger partial charge in [0, 0.05) is 16.5 Å². The summed E-state index contributed by atoms with van der Waals surface area (Å²) in [4.78, 5) is 11.6. The van der Waals surface area contributed by atoms with Crippen LogP contribution in [0.1, 0.15) is 53.9 Å². The van der Waals surface area contributed by atoms with Crippen LogP contribution in [0.2, 0.25) is 0 Å². The zero-order valence-electron chi connectivity index (χ0n) is 16.6. The van der Waals surface area contributed by atoms with E-state index in [1.807, 2.05) is 24.3 Å². The Bertz CT molecular complexity index is 1090. The van der Waals surface area contributed by atoms with Gasteiger partial charge in [0.05, 0.1) is 24.9 Å². The minimum Gasteiger partial charge on any atom is -0.497 e. The molecule has 1 N–H and O–H groups in total. The molecule has 0 atom stereocenters. The zero-order chi connectivity index (χ0) is 20.0. The fourth-order valence-corrected chi connectivity index (χ4v) is 5.03. The number of rotatable bonds is 3. The van der Waals surface area contributed by atoms with Crippen molar-refractivity contribution in [1.29, 1.82) is 0 Å². The van der Waals surface area contributed by atoms with Gasteiger partial charge in [-0.05, 0) is 54.7 Å². The molecule has 5 rings (SSSR count). The van der Waals surface area contributed by atoms with Crippen molar-refractivity contribution in [2.45, 2.75) is 44.6 Å². The molecular formula is C24H25NO4. The molecule has 1 fully saturated rings. The maximum Gasteiger partial charge on any atom is 0.335 e. The summed E-state index contributed by atoms with van der Waals surface area (Å²) in [6, 6.07) is 11.5. The highest BCUT2D eigenvalue weighted by molar-refractivity contribution is 5.98. The van der Waals surface area contributed by atoms with E-state index in [2.05, 4.69) is 10.6 Å². The van der Waals surface area contributed by atoms with Crippen LogP contribution in [0.4, 0.5) is 0 Å². The van der Waals surface area contributed by atoms with Crippen LogP contribution in [0.15, 0.2) is 36.4 Å². The van der Waals surface area contributed by atoms with E-state index in [9.17, 15) is 9.90 Å². The smallest absolute Gasteiger partial charge is 0.335 e. The Kier molecular flexibility index (Phi) is 4.46. The highest BCUT2D eigenvalue weighted by Gasteiger charge is 2.29. The van der Waals surface area contributed by atoms with Crippen molar-refractivity contribution >= 4 is 16.9 Å². The summed E-state index contributed by atoms with van der Waals surface area (Å²) in [5.74, 6) is 1.25. The molecule has 0 saturated heterocycles. The third-order valence-corrected chi connectivity index (χ3v) is 6.38. The number of nitrogens with zero attached hydrogens (tertiary/aromatic N) is 1. The molecule has 29 heavy (non-hydrogen) atoms. The number of hydrogen-bond acceptors (Lipinski definition) is 3. The van der Waals surface area contributed by atoms with Gasteiger partial charge in [0.25, 0.3) is 0 Å². The molecule has 1 saturated carbocycles. The van der Waals surface area contributed by atoms with Gasteiger partial charge in [-0.3, -0.25) is 0 Å². The number of benzene rings is 2. The fraction of sp³-hybridized carbons (Fsp3) is 0.375. The van der Waals surface area contributed by atoms with E-state index in [1.54, 1.807) is 13.2 Å². The first-order valence-electron chi connectivity index (χ1n) is 10.4. The van der Waals surface area contributed by atoms with Crippen LogP contribution in [0.5, 0.6) is 11.5 Å². The van der Waals surface area contributed by atoms with Crippen LogP contribution < -0.4 is 9.47 Å². The lowest BCUT2D eigenvalue weighted by Crippen LogP contribution is -2.07. The van der Waals surface area contributed by atoms with Gasteiger partial charge in [-0.25, -0.2) is 4.79 Å². The summed E-state index contributed by atoms with van der Waals surface area (Å²) in [5, 5.41) is 10.7. The summed E-state index contributed by atoms with van der Waals surface area (Å²) >= 11 is 0. The van der Waals surface area contributed by atoms with Crippen LogP contribution in [0.3, 0.4) is 0 Å². The monoisotopic (exact) mass is 391 g/mol. The number of hydrogen-bond donors (Lipinski definition) is 1.